The highest BCUT2D eigenvalue weighted by atomic mass is 79.9. The molecule has 1 aromatic rings. The summed E-state index contributed by atoms with van der Waals surface area (Å²) in [6.45, 7) is 1.82. The number of nitrogen functional groups attached to an aromatic ring is 2. The van der Waals surface area contributed by atoms with E-state index in [1.807, 2.05) is 6.92 Å². The molecule has 0 saturated heterocycles. The first-order valence-corrected chi connectivity index (χ1v) is 4.08. The van der Waals surface area contributed by atoms with Gasteiger partial charge in [-0.2, -0.15) is 0 Å². The van der Waals surface area contributed by atoms with Crippen molar-refractivity contribution in [3.63, 3.8) is 0 Å². The van der Waals surface area contributed by atoms with Crippen molar-refractivity contribution in [2.45, 2.75) is 6.92 Å². The van der Waals surface area contributed by atoms with Crippen LogP contribution in [0.15, 0.2) is 10.5 Å². The number of nitrogens with zero attached hydrogens (tertiary/aromatic N) is 1. The molecular weight excluding hydrogens is 220 g/mol. The minimum Gasteiger partial charge on any atom is -0.384 e. The Balaban J connectivity index is 3.33. The summed E-state index contributed by atoms with van der Waals surface area (Å²) in [5.74, 6) is 0.226. The SMILES string of the molecule is Cc1nc(N)c(C(=N)N)cc1Br. The highest BCUT2D eigenvalue weighted by Crippen LogP contribution is 2.19. The van der Waals surface area contributed by atoms with Gasteiger partial charge in [0.15, 0.2) is 0 Å². The minimum absolute atomic E-state index is 0.0688. The molecule has 4 nitrogen and oxygen atoms in total. The predicted molar refractivity (Wildman–Crippen MR) is 52.1 cm³/mol. The van der Waals surface area contributed by atoms with Gasteiger partial charge in [0.25, 0.3) is 0 Å². The van der Waals surface area contributed by atoms with Gasteiger partial charge in [-0.05, 0) is 28.9 Å². The fraction of sp³-hybridized carbons (Fsp3) is 0.143. The predicted octanol–water partition coefficient (Wildman–Crippen LogP) is 1.02. The van der Waals surface area contributed by atoms with Gasteiger partial charge in [-0.1, -0.05) is 0 Å². The number of hydrogen-bond donors (Lipinski definition) is 3. The molecular formula is C7H9BrN4. The largest absolute Gasteiger partial charge is 0.384 e. The van der Waals surface area contributed by atoms with Crippen LogP contribution in [0.3, 0.4) is 0 Å². The van der Waals surface area contributed by atoms with E-state index in [0.29, 0.717) is 11.4 Å². The average molecular weight is 229 g/mol. The minimum atomic E-state index is -0.0688. The number of aromatic nitrogens is 1. The van der Waals surface area contributed by atoms with Crippen molar-refractivity contribution >= 4 is 27.6 Å². The number of halogens is 1. The molecule has 1 heterocycles. The summed E-state index contributed by atoms with van der Waals surface area (Å²) in [5, 5.41) is 7.18. The molecule has 1 aromatic heterocycles. The zero-order chi connectivity index (χ0) is 9.30. The maximum absolute atomic E-state index is 7.18. The van der Waals surface area contributed by atoms with Gasteiger partial charge < -0.3 is 11.5 Å². The average Bonchev–Trinajstić information content (AvgIpc) is 1.96. The molecule has 0 aliphatic rings. The number of amidine groups is 1. The summed E-state index contributed by atoms with van der Waals surface area (Å²) in [4.78, 5) is 4.00. The van der Waals surface area contributed by atoms with Crippen molar-refractivity contribution in [1.29, 1.82) is 5.41 Å². The van der Waals surface area contributed by atoms with E-state index in [9.17, 15) is 0 Å². The highest BCUT2D eigenvalue weighted by molar-refractivity contribution is 9.10. The third kappa shape index (κ3) is 1.55. The van der Waals surface area contributed by atoms with Gasteiger partial charge in [0.05, 0.1) is 11.3 Å². The van der Waals surface area contributed by atoms with Crippen LogP contribution in [0.25, 0.3) is 0 Å². The van der Waals surface area contributed by atoms with Crippen LogP contribution in [0.4, 0.5) is 5.82 Å². The fourth-order valence-corrected chi connectivity index (χ4v) is 1.13. The Bertz CT molecular complexity index is 334. The number of rotatable bonds is 1. The molecule has 12 heavy (non-hydrogen) atoms. The van der Waals surface area contributed by atoms with Crippen LogP contribution < -0.4 is 11.5 Å². The number of anilines is 1. The molecule has 5 N–H and O–H groups in total. The lowest BCUT2D eigenvalue weighted by molar-refractivity contribution is 1.18. The molecule has 64 valence electrons. The number of nitrogens with one attached hydrogen (secondary N) is 1. The summed E-state index contributed by atoms with van der Waals surface area (Å²) >= 11 is 3.28. The second-order valence-electron chi connectivity index (χ2n) is 2.40. The van der Waals surface area contributed by atoms with Crippen LogP contribution in [0.1, 0.15) is 11.3 Å². The van der Waals surface area contributed by atoms with Crippen molar-refractivity contribution < 1.29 is 0 Å². The second-order valence-corrected chi connectivity index (χ2v) is 3.26. The van der Waals surface area contributed by atoms with E-state index in [-0.39, 0.29) is 5.84 Å². The van der Waals surface area contributed by atoms with E-state index in [2.05, 4.69) is 20.9 Å². The quantitative estimate of drug-likeness (QED) is 0.496. The van der Waals surface area contributed by atoms with Crippen LogP contribution >= 0.6 is 15.9 Å². The lowest BCUT2D eigenvalue weighted by Crippen LogP contribution is -2.15. The van der Waals surface area contributed by atoms with Crippen molar-refractivity contribution in [2.24, 2.45) is 5.73 Å². The number of nitrogens with two attached hydrogens (primary N) is 2. The molecule has 0 unspecified atom stereocenters. The molecule has 0 spiro atoms. The maximum Gasteiger partial charge on any atom is 0.134 e. The zero-order valence-corrected chi connectivity index (χ0v) is 8.14. The number of aryl methyl sites for hydroxylation is 1. The van der Waals surface area contributed by atoms with E-state index in [0.717, 1.165) is 10.2 Å². The fourth-order valence-electron chi connectivity index (χ4n) is 0.815. The molecule has 0 radical (unpaired) electrons. The van der Waals surface area contributed by atoms with Gasteiger partial charge in [-0.3, -0.25) is 5.41 Å². The van der Waals surface area contributed by atoms with E-state index < -0.39 is 0 Å². The van der Waals surface area contributed by atoms with Crippen LogP contribution in [0.2, 0.25) is 0 Å². The Morgan fingerprint density at radius 1 is 1.67 bits per heavy atom. The molecule has 0 aliphatic carbocycles. The normalized spacial score (nSPS) is 9.83. The first-order valence-electron chi connectivity index (χ1n) is 3.29. The van der Waals surface area contributed by atoms with Crippen molar-refractivity contribution in [3.05, 3.63) is 21.8 Å². The Hall–Kier alpha value is -1.10. The zero-order valence-electron chi connectivity index (χ0n) is 6.56. The lowest BCUT2D eigenvalue weighted by Gasteiger charge is -2.04. The van der Waals surface area contributed by atoms with E-state index in [1.54, 1.807) is 6.07 Å². The lowest BCUT2D eigenvalue weighted by atomic mass is 10.2. The van der Waals surface area contributed by atoms with Gasteiger partial charge in [-0.15, -0.1) is 0 Å². The van der Waals surface area contributed by atoms with E-state index in [1.165, 1.54) is 0 Å². The van der Waals surface area contributed by atoms with E-state index >= 15 is 0 Å². The molecule has 0 fully saturated rings. The molecule has 0 atom stereocenters. The Morgan fingerprint density at radius 3 is 2.75 bits per heavy atom. The highest BCUT2D eigenvalue weighted by Gasteiger charge is 2.06. The monoisotopic (exact) mass is 228 g/mol. The van der Waals surface area contributed by atoms with Crippen LogP contribution in [0.5, 0.6) is 0 Å². The van der Waals surface area contributed by atoms with E-state index in [4.69, 9.17) is 16.9 Å². The molecule has 0 aliphatic heterocycles. The molecule has 0 bridgehead atoms. The maximum atomic E-state index is 7.18. The Morgan fingerprint density at radius 2 is 2.25 bits per heavy atom. The molecule has 0 aromatic carbocycles. The number of pyridine rings is 1. The Labute approximate surface area is 78.6 Å². The summed E-state index contributed by atoms with van der Waals surface area (Å²) in [6.07, 6.45) is 0. The van der Waals surface area contributed by atoms with Crippen molar-refractivity contribution in [3.8, 4) is 0 Å². The summed E-state index contributed by atoms with van der Waals surface area (Å²) in [7, 11) is 0. The van der Waals surface area contributed by atoms with Gasteiger partial charge in [0.1, 0.15) is 11.7 Å². The van der Waals surface area contributed by atoms with Crippen LogP contribution in [0, 0.1) is 12.3 Å². The van der Waals surface area contributed by atoms with Gasteiger partial charge in [-0.25, -0.2) is 4.98 Å². The second kappa shape index (κ2) is 3.10. The first kappa shape index (κ1) is 8.99. The molecule has 5 heteroatoms. The summed E-state index contributed by atoms with van der Waals surface area (Å²) < 4.78 is 0.807. The smallest absolute Gasteiger partial charge is 0.134 e. The van der Waals surface area contributed by atoms with Gasteiger partial charge in [0, 0.05) is 4.47 Å². The third-order valence-corrected chi connectivity index (χ3v) is 2.27. The van der Waals surface area contributed by atoms with Crippen LogP contribution in [-0.4, -0.2) is 10.8 Å². The topological polar surface area (TPSA) is 88.8 Å². The van der Waals surface area contributed by atoms with Gasteiger partial charge in [0.2, 0.25) is 0 Å². The Kier molecular flexibility index (Phi) is 2.32. The molecule has 1 rings (SSSR count). The third-order valence-electron chi connectivity index (χ3n) is 1.47. The van der Waals surface area contributed by atoms with Gasteiger partial charge >= 0.3 is 0 Å². The standard InChI is InChI=1S/C7H9BrN4/c1-3-5(8)2-4(6(9)10)7(11)12-3/h2H,1H3,(H3,9,10)(H2,11,12). The van der Waals surface area contributed by atoms with Crippen molar-refractivity contribution in [2.75, 3.05) is 5.73 Å². The summed E-state index contributed by atoms with van der Waals surface area (Å²) in [5.41, 5.74) is 12.1. The molecule has 0 amide bonds. The summed E-state index contributed by atoms with van der Waals surface area (Å²) in [6, 6.07) is 1.69. The number of hydrogen-bond acceptors (Lipinski definition) is 3. The molecule has 0 saturated carbocycles. The first-order chi connectivity index (χ1) is 5.52. The van der Waals surface area contributed by atoms with Crippen LogP contribution in [-0.2, 0) is 0 Å². The van der Waals surface area contributed by atoms with Crippen molar-refractivity contribution in [1.82, 2.24) is 4.98 Å².